The topological polar surface area (TPSA) is 95.2 Å². The normalized spacial score (nSPS) is 11.6. The highest BCUT2D eigenvalue weighted by Crippen LogP contribution is 2.35. The number of nitrogens with zero attached hydrogens (tertiary/aromatic N) is 2. The SMILES string of the molecule is COc1cccc(-c2ccc(-c3nc4ccc(F)cc4c(NC(C)C(=O)O)c3C#N)cc2)c1. The van der Waals surface area contributed by atoms with Crippen LogP contribution in [0.3, 0.4) is 0 Å². The Labute approximate surface area is 189 Å². The Bertz CT molecular complexity index is 1390. The fourth-order valence-electron chi connectivity index (χ4n) is 3.60. The molecule has 7 heteroatoms. The van der Waals surface area contributed by atoms with E-state index in [4.69, 9.17) is 4.74 Å². The number of carboxylic acids is 1. The summed E-state index contributed by atoms with van der Waals surface area (Å²) in [5, 5.41) is 22.5. The quantitative estimate of drug-likeness (QED) is 0.412. The number of aromatic nitrogens is 1. The first-order chi connectivity index (χ1) is 15.9. The van der Waals surface area contributed by atoms with Crippen LogP contribution in [0.2, 0.25) is 0 Å². The molecule has 0 saturated heterocycles. The van der Waals surface area contributed by atoms with E-state index in [0.29, 0.717) is 22.2 Å². The smallest absolute Gasteiger partial charge is 0.325 e. The highest BCUT2D eigenvalue weighted by atomic mass is 19.1. The van der Waals surface area contributed by atoms with Crippen molar-refractivity contribution in [2.75, 3.05) is 12.4 Å². The van der Waals surface area contributed by atoms with Gasteiger partial charge < -0.3 is 15.2 Å². The zero-order valence-corrected chi connectivity index (χ0v) is 18.0. The van der Waals surface area contributed by atoms with Crippen LogP contribution in [0, 0.1) is 17.1 Å². The van der Waals surface area contributed by atoms with Crippen molar-refractivity contribution in [3.63, 3.8) is 0 Å². The summed E-state index contributed by atoms with van der Waals surface area (Å²) in [4.78, 5) is 16.0. The maximum absolute atomic E-state index is 14.0. The summed E-state index contributed by atoms with van der Waals surface area (Å²) in [7, 11) is 1.61. The monoisotopic (exact) mass is 441 g/mol. The molecule has 0 aliphatic rings. The molecule has 1 heterocycles. The van der Waals surface area contributed by atoms with Crippen LogP contribution in [-0.4, -0.2) is 29.2 Å². The molecule has 0 saturated carbocycles. The van der Waals surface area contributed by atoms with Crippen LogP contribution in [0.5, 0.6) is 5.75 Å². The van der Waals surface area contributed by atoms with Gasteiger partial charge in [0.2, 0.25) is 0 Å². The molecule has 0 fully saturated rings. The van der Waals surface area contributed by atoms with Gasteiger partial charge in [0.25, 0.3) is 0 Å². The second-order valence-corrected chi connectivity index (χ2v) is 7.50. The number of ether oxygens (including phenoxy) is 1. The largest absolute Gasteiger partial charge is 0.497 e. The molecule has 4 rings (SSSR count). The lowest BCUT2D eigenvalue weighted by molar-refractivity contribution is -0.137. The summed E-state index contributed by atoms with van der Waals surface area (Å²) < 4.78 is 19.3. The third-order valence-corrected chi connectivity index (χ3v) is 5.35. The van der Waals surface area contributed by atoms with Crippen molar-refractivity contribution in [1.82, 2.24) is 4.98 Å². The van der Waals surface area contributed by atoms with E-state index in [1.807, 2.05) is 48.5 Å². The zero-order chi connectivity index (χ0) is 23.5. The van der Waals surface area contributed by atoms with Crippen molar-refractivity contribution >= 4 is 22.6 Å². The Morgan fingerprint density at radius 1 is 1.09 bits per heavy atom. The predicted molar refractivity (Wildman–Crippen MR) is 125 cm³/mol. The minimum Gasteiger partial charge on any atom is -0.497 e. The third kappa shape index (κ3) is 4.32. The van der Waals surface area contributed by atoms with Gasteiger partial charge in [-0.2, -0.15) is 5.26 Å². The molecule has 4 aromatic rings. The maximum Gasteiger partial charge on any atom is 0.325 e. The number of halogens is 1. The minimum absolute atomic E-state index is 0.148. The summed E-state index contributed by atoms with van der Waals surface area (Å²) in [6, 6.07) is 20.3. The first-order valence-corrected chi connectivity index (χ1v) is 10.2. The van der Waals surface area contributed by atoms with Gasteiger partial charge in [0.15, 0.2) is 0 Å². The van der Waals surface area contributed by atoms with Crippen LogP contribution in [0.25, 0.3) is 33.3 Å². The molecule has 1 unspecified atom stereocenters. The number of carboxylic acid groups (broad SMARTS) is 1. The van der Waals surface area contributed by atoms with Gasteiger partial charge in [0, 0.05) is 10.9 Å². The van der Waals surface area contributed by atoms with Crippen LogP contribution in [0.1, 0.15) is 12.5 Å². The van der Waals surface area contributed by atoms with Crippen molar-refractivity contribution in [3.8, 4) is 34.2 Å². The Morgan fingerprint density at radius 2 is 1.82 bits per heavy atom. The number of anilines is 1. The van der Waals surface area contributed by atoms with Gasteiger partial charge in [-0.25, -0.2) is 9.37 Å². The number of hydrogen-bond donors (Lipinski definition) is 2. The molecule has 6 nitrogen and oxygen atoms in total. The summed E-state index contributed by atoms with van der Waals surface area (Å²) in [5.74, 6) is -0.853. The van der Waals surface area contributed by atoms with Gasteiger partial charge in [0.05, 0.1) is 24.0 Å². The van der Waals surface area contributed by atoms with Crippen LogP contribution in [-0.2, 0) is 4.79 Å². The van der Waals surface area contributed by atoms with E-state index < -0.39 is 17.8 Å². The lowest BCUT2D eigenvalue weighted by Crippen LogP contribution is -2.26. The van der Waals surface area contributed by atoms with Gasteiger partial charge >= 0.3 is 5.97 Å². The average Bonchev–Trinajstić information content (AvgIpc) is 2.84. The van der Waals surface area contributed by atoms with Gasteiger partial charge in [-0.1, -0.05) is 36.4 Å². The van der Waals surface area contributed by atoms with Crippen molar-refractivity contribution in [2.45, 2.75) is 13.0 Å². The fraction of sp³-hybridized carbons (Fsp3) is 0.115. The Kier molecular flexibility index (Phi) is 5.92. The molecule has 0 amide bonds. The second-order valence-electron chi connectivity index (χ2n) is 7.50. The second kappa shape index (κ2) is 8.97. The van der Waals surface area contributed by atoms with Crippen LogP contribution >= 0.6 is 0 Å². The molecule has 0 aliphatic heterocycles. The first-order valence-electron chi connectivity index (χ1n) is 10.2. The van der Waals surface area contributed by atoms with Crippen molar-refractivity contribution < 1.29 is 19.0 Å². The summed E-state index contributed by atoms with van der Waals surface area (Å²) in [6.07, 6.45) is 0. The average molecular weight is 441 g/mol. The number of nitrogens with one attached hydrogen (secondary N) is 1. The van der Waals surface area contributed by atoms with E-state index in [2.05, 4.69) is 16.4 Å². The molecule has 2 N–H and O–H groups in total. The summed E-state index contributed by atoms with van der Waals surface area (Å²) >= 11 is 0. The van der Waals surface area contributed by atoms with Crippen LogP contribution in [0.4, 0.5) is 10.1 Å². The number of rotatable bonds is 6. The molecule has 3 aromatic carbocycles. The molecular weight excluding hydrogens is 421 g/mol. The number of hydrogen-bond acceptors (Lipinski definition) is 5. The molecule has 0 spiro atoms. The summed E-state index contributed by atoms with van der Waals surface area (Å²) in [5.41, 5.74) is 3.82. The van der Waals surface area contributed by atoms with Crippen LogP contribution in [0.15, 0.2) is 66.7 Å². The van der Waals surface area contributed by atoms with Gasteiger partial charge in [-0.05, 0) is 48.4 Å². The highest BCUT2D eigenvalue weighted by molar-refractivity contribution is 5.99. The molecule has 1 aromatic heterocycles. The number of carbonyl (C=O) groups is 1. The number of benzene rings is 3. The first kappa shape index (κ1) is 21.8. The molecule has 164 valence electrons. The van der Waals surface area contributed by atoms with Crippen molar-refractivity contribution in [3.05, 3.63) is 78.1 Å². The van der Waals surface area contributed by atoms with E-state index in [9.17, 15) is 19.6 Å². The minimum atomic E-state index is -1.09. The molecular formula is C26H20FN3O3. The molecule has 0 aliphatic carbocycles. The number of fused-ring (bicyclic) bond motifs is 1. The van der Waals surface area contributed by atoms with E-state index >= 15 is 0 Å². The van der Waals surface area contributed by atoms with E-state index in [1.54, 1.807) is 7.11 Å². The van der Waals surface area contributed by atoms with E-state index in [1.165, 1.54) is 25.1 Å². The number of aliphatic carboxylic acids is 1. The van der Waals surface area contributed by atoms with Gasteiger partial charge in [0.1, 0.15) is 29.2 Å². The lowest BCUT2D eigenvalue weighted by Gasteiger charge is -2.17. The van der Waals surface area contributed by atoms with Crippen LogP contribution < -0.4 is 10.1 Å². The molecule has 0 bridgehead atoms. The number of pyridine rings is 1. The highest BCUT2D eigenvalue weighted by Gasteiger charge is 2.21. The van der Waals surface area contributed by atoms with Crippen molar-refractivity contribution in [2.24, 2.45) is 0 Å². The molecule has 1 atom stereocenters. The van der Waals surface area contributed by atoms with Gasteiger partial charge in [-0.15, -0.1) is 0 Å². The maximum atomic E-state index is 14.0. The Balaban J connectivity index is 1.86. The predicted octanol–water partition coefficient (Wildman–Crippen LogP) is 5.47. The zero-order valence-electron chi connectivity index (χ0n) is 18.0. The third-order valence-electron chi connectivity index (χ3n) is 5.35. The fourth-order valence-corrected chi connectivity index (χ4v) is 3.60. The van der Waals surface area contributed by atoms with Crippen molar-refractivity contribution in [1.29, 1.82) is 5.26 Å². The summed E-state index contributed by atoms with van der Waals surface area (Å²) in [6.45, 7) is 1.46. The molecule has 33 heavy (non-hydrogen) atoms. The van der Waals surface area contributed by atoms with Gasteiger partial charge in [-0.3, -0.25) is 4.79 Å². The molecule has 0 radical (unpaired) electrons. The number of nitriles is 1. The Hall–Kier alpha value is -4.44. The standard InChI is InChI=1S/C26H20FN3O3/c1-15(26(31)32)29-25-21-13-19(27)10-11-23(21)30-24(22(25)14-28)17-8-6-16(7-9-17)18-4-3-5-20(12-18)33-2/h3-13,15H,1-2H3,(H,29,30)(H,31,32). The Morgan fingerprint density at radius 3 is 2.48 bits per heavy atom. The van der Waals surface area contributed by atoms with E-state index in [-0.39, 0.29) is 11.3 Å². The van der Waals surface area contributed by atoms with E-state index in [0.717, 1.165) is 16.9 Å². The lowest BCUT2D eigenvalue weighted by atomic mass is 9.98. The number of methoxy groups -OCH3 is 1.